The van der Waals surface area contributed by atoms with E-state index in [-0.39, 0.29) is 11.8 Å². The SMILES string of the molecule is O=C(O)[C@H]1C[C@H]1C(=O)NCCc1ncon1. The molecule has 0 unspecified atom stereocenters. The molecule has 1 aliphatic rings. The van der Waals surface area contributed by atoms with Gasteiger partial charge in [0, 0.05) is 13.0 Å². The van der Waals surface area contributed by atoms with Gasteiger partial charge < -0.3 is 14.9 Å². The molecule has 1 aliphatic carbocycles. The van der Waals surface area contributed by atoms with E-state index >= 15 is 0 Å². The predicted octanol–water partition coefficient (Wildman–Crippen LogP) is -0.551. The van der Waals surface area contributed by atoms with Crippen LogP contribution >= 0.6 is 0 Å². The molecule has 2 rings (SSSR count). The summed E-state index contributed by atoms with van der Waals surface area (Å²) in [5.41, 5.74) is 0. The van der Waals surface area contributed by atoms with E-state index in [1.54, 1.807) is 0 Å². The van der Waals surface area contributed by atoms with Crippen molar-refractivity contribution in [3.63, 3.8) is 0 Å². The first-order chi connectivity index (χ1) is 7.68. The summed E-state index contributed by atoms with van der Waals surface area (Å²) in [6.45, 7) is 0.390. The fourth-order valence-corrected chi connectivity index (χ4v) is 1.49. The van der Waals surface area contributed by atoms with Gasteiger partial charge in [-0.3, -0.25) is 9.59 Å². The Labute approximate surface area is 90.8 Å². The van der Waals surface area contributed by atoms with Gasteiger partial charge in [-0.15, -0.1) is 0 Å². The number of hydrogen-bond acceptors (Lipinski definition) is 5. The Morgan fingerprint density at radius 2 is 2.38 bits per heavy atom. The summed E-state index contributed by atoms with van der Waals surface area (Å²) in [6, 6.07) is 0. The molecule has 7 heteroatoms. The second kappa shape index (κ2) is 4.30. The second-order valence-electron chi connectivity index (χ2n) is 3.68. The van der Waals surface area contributed by atoms with Crippen molar-refractivity contribution in [2.75, 3.05) is 6.54 Å². The molecule has 0 bridgehead atoms. The van der Waals surface area contributed by atoms with Gasteiger partial charge in [0.2, 0.25) is 12.3 Å². The number of nitrogens with one attached hydrogen (secondary N) is 1. The molecular formula is C9H11N3O4. The van der Waals surface area contributed by atoms with Crippen LogP contribution in [0.4, 0.5) is 0 Å². The van der Waals surface area contributed by atoms with E-state index < -0.39 is 11.9 Å². The van der Waals surface area contributed by atoms with Crippen LogP contribution < -0.4 is 5.32 Å². The molecule has 0 saturated heterocycles. The van der Waals surface area contributed by atoms with Crippen LogP contribution in [0.1, 0.15) is 12.2 Å². The second-order valence-corrected chi connectivity index (χ2v) is 3.68. The van der Waals surface area contributed by atoms with E-state index in [9.17, 15) is 9.59 Å². The van der Waals surface area contributed by atoms with E-state index in [1.165, 1.54) is 6.39 Å². The lowest BCUT2D eigenvalue weighted by Crippen LogP contribution is -2.28. The Kier molecular flexibility index (Phi) is 2.84. The van der Waals surface area contributed by atoms with Crippen molar-refractivity contribution >= 4 is 11.9 Å². The van der Waals surface area contributed by atoms with E-state index in [4.69, 9.17) is 5.11 Å². The average Bonchev–Trinajstić information content (AvgIpc) is 2.90. The number of nitrogens with zero attached hydrogens (tertiary/aromatic N) is 2. The number of amides is 1. The maximum atomic E-state index is 11.4. The summed E-state index contributed by atoms with van der Waals surface area (Å²) in [4.78, 5) is 25.7. The fraction of sp³-hybridized carbons (Fsp3) is 0.556. The molecule has 1 aromatic rings. The number of aromatic nitrogens is 2. The van der Waals surface area contributed by atoms with Crippen molar-refractivity contribution in [2.45, 2.75) is 12.8 Å². The molecule has 0 aliphatic heterocycles. The van der Waals surface area contributed by atoms with E-state index in [2.05, 4.69) is 20.0 Å². The molecule has 2 atom stereocenters. The molecule has 0 aromatic carbocycles. The van der Waals surface area contributed by atoms with Crippen molar-refractivity contribution in [2.24, 2.45) is 11.8 Å². The number of carboxylic acids is 1. The van der Waals surface area contributed by atoms with Crippen LogP contribution in [0.25, 0.3) is 0 Å². The number of carbonyl (C=O) groups is 2. The lowest BCUT2D eigenvalue weighted by Gasteiger charge is -2.01. The standard InChI is InChI=1S/C9H11N3O4/c13-8(5-3-6(5)9(14)15)10-2-1-7-11-4-16-12-7/h4-6H,1-3H2,(H,10,13)(H,14,15)/t5-,6+/m1/s1. The highest BCUT2D eigenvalue weighted by atomic mass is 16.5. The third-order valence-electron chi connectivity index (χ3n) is 2.50. The predicted molar refractivity (Wildman–Crippen MR) is 50.2 cm³/mol. The quantitative estimate of drug-likeness (QED) is 0.696. The van der Waals surface area contributed by atoms with E-state index in [0.29, 0.717) is 25.2 Å². The van der Waals surface area contributed by atoms with Crippen molar-refractivity contribution in [3.8, 4) is 0 Å². The fourth-order valence-electron chi connectivity index (χ4n) is 1.49. The molecule has 1 fully saturated rings. The van der Waals surface area contributed by atoms with Crippen molar-refractivity contribution in [1.29, 1.82) is 0 Å². The number of carboxylic acid groups (broad SMARTS) is 1. The van der Waals surface area contributed by atoms with Crippen LogP contribution in [0.3, 0.4) is 0 Å². The first-order valence-electron chi connectivity index (χ1n) is 4.94. The van der Waals surface area contributed by atoms with E-state index in [1.807, 2.05) is 0 Å². The third-order valence-corrected chi connectivity index (χ3v) is 2.50. The molecule has 1 aromatic heterocycles. The van der Waals surface area contributed by atoms with Crippen LogP contribution in [0.2, 0.25) is 0 Å². The van der Waals surface area contributed by atoms with Gasteiger partial charge >= 0.3 is 5.97 Å². The van der Waals surface area contributed by atoms with Gasteiger partial charge in [-0.1, -0.05) is 5.16 Å². The zero-order valence-electron chi connectivity index (χ0n) is 8.42. The summed E-state index contributed by atoms with van der Waals surface area (Å²) >= 11 is 0. The summed E-state index contributed by atoms with van der Waals surface area (Å²) in [6.07, 6.45) is 2.13. The Morgan fingerprint density at radius 3 is 2.94 bits per heavy atom. The van der Waals surface area contributed by atoms with Crippen molar-refractivity contribution < 1.29 is 19.2 Å². The Bertz CT molecular complexity index is 389. The van der Waals surface area contributed by atoms with Crippen LogP contribution in [-0.4, -0.2) is 33.7 Å². The Morgan fingerprint density at radius 1 is 1.56 bits per heavy atom. The van der Waals surface area contributed by atoms with Gasteiger partial charge in [-0.2, -0.15) is 4.98 Å². The Balaban J connectivity index is 1.68. The normalized spacial score (nSPS) is 22.8. The zero-order chi connectivity index (χ0) is 11.5. The zero-order valence-corrected chi connectivity index (χ0v) is 8.42. The molecule has 16 heavy (non-hydrogen) atoms. The highest BCUT2D eigenvalue weighted by Crippen LogP contribution is 2.38. The lowest BCUT2D eigenvalue weighted by atomic mass is 10.3. The highest BCUT2D eigenvalue weighted by Gasteiger charge is 2.48. The molecule has 2 N–H and O–H groups in total. The smallest absolute Gasteiger partial charge is 0.307 e. The largest absolute Gasteiger partial charge is 0.481 e. The number of aliphatic carboxylic acids is 1. The first kappa shape index (κ1) is 10.6. The maximum Gasteiger partial charge on any atom is 0.307 e. The minimum Gasteiger partial charge on any atom is -0.481 e. The molecule has 1 amide bonds. The topological polar surface area (TPSA) is 105 Å². The molecule has 1 heterocycles. The minimum absolute atomic E-state index is 0.212. The molecule has 1 saturated carbocycles. The van der Waals surface area contributed by atoms with Crippen LogP contribution in [0.15, 0.2) is 10.9 Å². The number of rotatable bonds is 5. The van der Waals surface area contributed by atoms with Crippen LogP contribution in [0.5, 0.6) is 0 Å². The molecule has 7 nitrogen and oxygen atoms in total. The number of hydrogen-bond donors (Lipinski definition) is 2. The molecule has 0 spiro atoms. The molecular weight excluding hydrogens is 214 g/mol. The van der Waals surface area contributed by atoms with Gasteiger partial charge in [-0.25, -0.2) is 0 Å². The summed E-state index contributed by atoms with van der Waals surface area (Å²) in [5, 5.41) is 14.9. The van der Waals surface area contributed by atoms with Crippen molar-refractivity contribution in [3.05, 3.63) is 12.2 Å². The summed E-state index contributed by atoms with van der Waals surface area (Å²) in [5.74, 6) is -1.48. The average molecular weight is 225 g/mol. The lowest BCUT2D eigenvalue weighted by molar-refractivity contribution is -0.140. The number of carbonyl (C=O) groups excluding carboxylic acids is 1. The van der Waals surface area contributed by atoms with E-state index in [0.717, 1.165) is 0 Å². The summed E-state index contributed by atoms with van der Waals surface area (Å²) in [7, 11) is 0. The van der Waals surface area contributed by atoms with Gasteiger partial charge in [-0.05, 0) is 6.42 Å². The van der Waals surface area contributed by atoms with Gasteiger partial charge in [0.05, 0.1) is 11.8 Å². The van der Waals surface area contributed by atoms with Gasteiger partial charge in [0.15, 0.2) is 5.82 Å². The first-order valence-corrected chi connectivity index (χ1v) is 4.94. The van der Waals surface area contributed by atoms with Gasteiger partial charge in [0.25, 0.3) is 0 Å². The molecule has 0 radical (unpaired) electrons. The van der Waals surface area contributed by atoms with Gasteiger partial charge in [0.1, 0.15) is 0 Å². The maximum absolute atomic E-state index is 11.4. The van der Waals surface area contributed by atoms with Crippen LogP contribution in [-0.2, 0) is 16.0 Å². The monoisotopic (exact) mass is 225 g/mol. The Hall–Kier alpha value is -1.92. The van der Waals surface area contributed by atoms with Crippen LogP contribution in [0, 0.1) is 11.8 Å². The highest BCUT2D eigenvalue weighted by molar-refractivity contribution is 5.89. The summed E-state index contributed by atoms with van der Waals surface area (Å²) < 4.78 is 4.53. The minimum atomic E-state index is -0.904. The third kappa shape index (κ3) is 2.36. The molecule has 86 valence electrons. The van der Waals surface area contributed by atoms with Crippen molar-refractivity contribution in [1.82, 2.24) is 15.5 Å².